The van der Waals surface area contributed by atoms with Crippen LogP contribution in [0.3, 0.4) is 0 Å². The Bertz CT molecular complexity index is 3300. The first-order valence-corrected chi connectivity index (χ1v) is 20.8. The molecule has 7 N–H and O–H groups in total. The van der Waals surface area contributed by atoms with E-state index >= 15 is 0 Å². The summed E-state index contributed by atoms with van der Waals surface area (Å²) >= 11 is 0. The van der Waals surface area contributed by atoms with Crippen LogP contribution < -0.4 is 5.01 Å². The first-order valence-electron chi connectivity index (χ1n) is 16.5. The number of nitro groups is 1. The van der Waals surface area contributed by atoms with Crippen LogP contribution in [-0.4, -0.2) is 93.9 Å². The average molecular weight is 928 g/mol. The van der Waals surface area contributed by atoms with E-state index in [2.05, 4.69) is 35.8 Å². The smallest absolute Gasteiger partial charge is 0.355 e. The minimum atomic E-state index is -5.30. The average Bonchev–Trinajstić information content (AvgIpc) is 3.53. The normalized spacial score (nSPS) is 14.9. The largest absolute Gasteiger partial charge is 0.505 e. The van der Waals surface area contributed by atoms with Gasteiger partial charge >= 0.3 is 11.9 Å². The molecule has 0 saturated carbocycles. The molecule has 0 aromatic heterocycles. The lowest BCUT2D eigenvalue weighted by Gasteiger charge is -2.12. The van der Waals surface area contributed by atoms with Crippen molar-refractivity contribution in [2.45, 2.75) is 20.7 Å². The van der Waals surface area contributed by atoms with Crippen molar-refractivity contribution in [1.82, 2.24) is 0 Å². The van der Waals surface area contributed by atoms with Crippen LogP contribution in [0.5, 0.6) is 11.5 Å². The molecule has 63 heavy (non-hydrogen) atoms. The number of hydrazone groups is 1. The third-order valence-corrected chi connectivity index (χ3v) is 11.0. The van der Waals surface area contributed by atoms with E-state index in [1.807, 2.05) is 0 Å². The third-order valence-electron chi connectivity index (χ3n) is 8.40. The Balaban J connectivity index is 1.36. The molecule has 324 valence electrons. The lowest BCUT2D eigenvalue weighted by molar-refractivity contribution is -0.385. The van der Waals surface area contributed by atoms with Gasteiger partial charge in [-0.3, -0.25) is 28.6 Å². The number of carboxylic acid groups (broad SMARTS) is 2. The topological polar surface area (TPSA) is 428 Å². The summed E-state index contributed by atoms with van der Waals surface area (Å²) in [6.45, 7) is 0. The fraction of sp³-hybridized carbons (Fsp3) is 0.0303. The van der Waals surface area contributed by atoms with E-state index in [-0.39, 0.29) is 16.8 Å². The molecule has 0 aliphatic carbocycles. The van der Waals surface area contributed by atoms with Crippen molar-refractivity contribution in [3.63, 3.8) is 0 Å². The van der Waals surface area contributed by atoms with E-state index in [0.29, 0.717) is 11.1 Å². The van der Waals surface area contributed by atoms with E-state index in [0.717, 1.165) is 72.8 Å². The molecule has 1 amide bonds. The predicted molar refractivity (Wildman–Crippen MR) is 209 cm³/mol. The summed E-state index contributed by atoms with van der Waals surface area (Å²) in [5, 5.41) is 77.8. The number of carbonyl (C=O) groups excluding carboxylic acids is 1. The van der Waals surface area contributed by atoms with Gasteiger partial charge in [0.15, 0.2) is 17.2 Å². The van der Waals surface area contributed by atoms with E-state index < -0.39 is 130 Å². The van der Waals surface area contributed by atoms with Crippen molar-refractivity contribution < 1.29 is 78.6 Å². The van der Waals surface area contributed by atoms with Crippen LogP contribution in [0.2, 0.25) is 0 Å². The van der Waals surface area contributed by atoms with Gasteiger partial charge in [-0.15, -0.1) is 15.3 Å². The van der Waals surface area contributed by atoms with Crippen LogP contribution >= 0.6 is 0 Å². The summed E-state index contributed by atoms with van der Waals surface area (Å²) < 4.78 is 102. The maximum atomic E-state index is 13.1. The molecule has 1 heterocycles. The molecular weight excluding hydrogens is 907 g/mol. The number of carbonyl (C=O) groups is 3. The van der Waals surface area contributed by atoms with Crippen LogP contribution in [0, 0.1) is 10.1 Å². The van der Waals surface area contributed by atoms with Crippen LogP contribution in [0.15, 0.2) is 129 Å². The van der Waals surface area contributed by atoms with Crippen LogP contribution in [0.25, 0.3) is 10.8 Å². The zero-order valence-electron chi connectivity index (χ0n) is 30.5. The number of nitro benzene ring substituents is 1. The second-order valence-corrected chi connectivity index (χ2v) is 16.6. The van der Waals surface area contributed by atoms with E-state index in [4.69, 9.17) is 0 Å². The number of phenolic OH excluding ortho intramolecular Hbond substituents is 2. The van der Waals surface area contributed by atoms with Gasteiger partial charge in [-0.2, -0.15) is 50.7 Å². The molecular formula is C33H21N9O18S3. The summed E-state index contributed by atoms with van der Waals surface area (Å²) in [4.78, 5) is 44.0. The Kier molecular flexibility index (Phi) is 11.6. The SMILES string of the molecule is O=C(O)C1=NN(c2ccc(S(=O)(=O)O)cc2)C(=O)C1/N=N/c1ccc(/N=N/c2c(S(=O)(=O)O)cc3ccc(/N=N/c4ccc([N+](=O)[O-])c(C(=O)O)c4)c(O)c3c2O)c(S(=O)(=O)O)c1. The molecule has 1 unspecified atom stereocenters. The number of phenols is 2. The van der Waals surface area contributed by atoms with Crippen molar-refractivity contribution in [2.24, 2.45) is 35.8 Å². The maximum Gasteiger partial charge on any atom is 0.355 e. The molecule has 0 bridgehead atoms. The number of hydrogen-bond donors (Lipinski definition) is 7. The number of rotatable bonds is 13. The standard InChI is InChI=1S/C33H21N9O18S3/c43-29-21(37-34-15-3-10-22(42(50)51)19(12-15)32(46)47)8-1-14-11-24(63(58,59)60)26(30(44)25(14)29)38-36-20-9-2-16(13-23(20)62(55,56)57)35-39-27-28(33(48)49)40-41(31(27)45)17-4-6-18(7-5-17)61(52,53)54/h1-13,27,43-44H,(H,46,47)(H,48,49)(H,52,53,54)(H,55,56,57)(H,58,59,60)/b37-34+,38-36+,39-35+. The molecule has 6 rings (SSSR count). The number of nitrogens with zero attached hydrogens (tertiary/aromatic N) is 9. The second-order valence-electron chi connectivity index (χ2n) is 12.4. The lowest BCUT2D eigenvalue weighted by atomic mass is 10.1. The molecule has 0 saturated heterocycles. The Morgan fingerprint density at radius 2 is 1.29 bits per heavy atom. The Morgan fingerprint density at radius 3 is 1.87 bits per heavy atom. The second kappa shape index (κ2) is 16.4. The van der Waals surface area contributed by atoms with Gasteiger partial charge in [0.2, 0.25) is 6.04 Å². The van der Waals surface area contributed by atoms with Gasteiger partial charge in [-0.1, -0.05) is 6.07 Å². The van der Waals surface area contributed by atoms with Crippen molar-refractivity contribution >= 4 is 104 Å². The molecule has 0 spiro atoms. The highest BCUT2D eigenvalue weighted by Gasteiger charge is 2.41. The van der Waals surface area contributed by atoms with E-state index in [1.54, 1.807) is 0 Å². The molecule has 30 heteroatoms. The maximum absolute atomic E-state index is 13.1. The zero-order valence-corrected chi connectivity index (χ0v) is 32.9. The minimum absolute atomic E-state index is 0.153. The zero-order chi connectivity index (χ0) is 46.3. The van der Waals surface area contributed by atoms with Crippen molar-refractivity contribution in [3.8, 4) is 11.5 Å². The molecule has 1 aliphatic heterocycles. The number of benzene rings is 5. The van der Waals surface area contributed by atoms with Gasteiger partial charge in [0.1, 0.15) is 32.4 Å². The summed E-state index contributed by atoms with van der Waals surface area (Å²) in [7, 11) is -15.2. The number of anilines is 1. The van der Waals surface area contributed by atoms with Crippen molar-refractivity contribution in [3.05, 3.63) is 94.5 Å². The number of aromatic carboxylic acids is 1. The summed E-state index contributed by atoms with van der Waals surface area (Å²) in [6.07, 6.45) is 0. The first kappa shape index (κ1) is 44.5. The van der Waals surface area contributed by atoms with Gasteiger partial charge in [-0.05, 0) is 72.1 Å². The highest BCUT2D eigenvalue weighted by atomic mass is 32.2. The summed E-state index contributed by atoms with van der Waals surface area (Å²) in [5.74, 6) is -6.63. The fourth-order valence-corrected chi connectivity index (χ4v) is 7.33. The van der Waals surface area contributed by atoms with Crippen LogP contribution in [0.4, 0.5) is 39.8 Å². The molecule has 0 radical (unpaired) electrons. The number of azo groups is 3. The van der Waals surface area contributed by atoms with Crippen molar-refractivity contribution in [1.29, 1.82) is 0 Å². The lowest BCUT2D eigenvalue weighted by Crippen LogP contribution is -2.33. The van der Waals surface area contributed by atoms with Gasteiger partial charge < -0.3 is 20.4 Å². The van der Waals surface area contributed by atoms with E-state index in [9.17, 15) is 83.8 Å². The molecule has 1 aliphatic rings. The monoisotopic (exact) mass is 927 g/mol. The van der Waals surface area contributed by atoms with E-state index in [1.165, 1.54) is 0 Å². The van der Waals surface area contributed by atoms with Gasteiger partial charge in [0.05, 0.1) is 32.3 Å². The van der Waals surface area contributed by atoms with Crippen molar-refractivity contribution in [2.75, 3.05) is 5.01 Å². The van der Waals surface area contributed by atoms with Gasteiger partial charge in [0.25, 0.3) is 41.9 Å². The highest BCUT2D eigenvalue weighted by Crippen LogP contribution is 2.48. The number of carboxylic acids is 2. The fourth-order valence-electron chi connectivity index (χ4n) is 5.55. The van der Waals surface area contributed by atoms with Crippen LogP contribution in [0.1, 0.15) is 10.4 Å². The molecule has 27 nitrogen and oxygen atoms in total. The first-order chi connectivity index (χ1) is 29.4. The quantitative estimate of drug-likeness (QED) is 0.0338. The molecule has 5 aromatic carbocycles. The summed E-state index contributed by atoms with van der Waals surface area (Å²) in [6, 6.07) is 9.77. The number of aromatic hydroxyl groups is 2. The number of amides is 1. The minimum Gasteiger partial charge on any atom is -0.505 e. The van der Waals surface area contributed by atoms with Gasteiger partial charge in [0, 0.05) is 6.07 Å². The Labute approximate surface area is 349 Å². The molecule has 1 atom stereocenters. The Morgan fingerprint density at radius 1 is 0.683 bits per heavy atom. The van der Waals surface area contributed by atoms with Gasteiger partial charge in [-0.25, -0.2) is 9.59 Å². The summed E-state index contributed by atoms with van der Waals surface area (Å²) in [5.41, 5.74) is -5.57. The molecule has 0 fully saturated rings. The number of fused-ring (bicyclic) bond motifs is 1. The Hall–Kier alpha value is -8.03. The number of hydrogen-bond acceptors (Lipinski definition) is 20. The van der Waals surface area contributed by atoms with Crippen LogP contribution in [-0.2, 0) is 39.9 Å². The predicted octanol–water partition coefficient (Wildman–Crippen LogP) is 5.37. The molecule has 5 aromatic rings. The number of aliphatic carboxylic acids is 1. The third kappa shape index (κ3) is 9.19. The highest BCUT2D eigenvalue weighted by molar-refractivity contribution is 7.86.